The number of nitrogens with zero attached hydrogens (tertiary/aromatic N) is 5. The van der Waals surface area contributed by atoms with Crippen LogP contribution in [0.15, 0.2) is 35.1 Å². The lowest BCUT2D eigenvalue weighted by molar-refractivity contribution is -0.383. The van der Waals surface area contributed by atoms with E-state index in [4.69, 9.17) is 0 Å². The first kappa shape index (κ1) is 16.6. The summed E-state index contributed by atoms with van der Waals surface area (Å²) in [6.07, 6.45) is 1.36. The Morgan fingerprint density at radius 2 is 1.83 bits per heavy atom. The van der Waals surface area contributed by atoms with Crippen molar-refractivity contribution in [2.24, 2.45) is 0 Å². The van der Waals surface area contributed by atoms with Gasteiger partial charge in [0, 0.05) is 36.3 Å². The standard InChI is InChI=1S/C15H17BrN6O2/c1-20-6-8-21(9-7-20)15-13(22(23)24)14(17-10-18-15)19-12-4-2-11(16)3-5-12/h2-5,10H,6-9H2,1H3,(H,17,18,19). The van der Waals surface area contributed by atoms with Crippen LogP contribution in [0.4, 0.5) is 23.0 Å². The van der Waals surface area contributed by atoms with Gasteiger partial charge >= 0.3 is 5.69 Å². The maximum atomic E-state index is 11.6. The molecule has 2 aromatic rings. The van der Waals surface area contributed by atoms with Crippen LogP contribution in [0.1, 0.15) is 0 Å². The molecule has 0 aliphatic carbocycles. The number of benzene rings is 1. The number of hydrogen-bond donors (Lipinski definition) is 1. The molecule has 1 saturated heterocycles. The molecule has 1 aliphatic heterocycles. The lowest BCUT2D eigenvalue weighted by Gasteiger charge is -2.32. The summed E-state index contributed by atoms with van der Waals surface area (Å²) >= 11 is 3.36. The van der Waals surface area contributed by atoms with Gasteiger partial charge in [-0.1, -0.05) is 15.9 Å². The van der Waals surface area contributed by atoms with Crippen molar-refractivity contribution in [3.8, 4) is 0 Å². The molecule has 0 atom stereocenters. The van der Waals surface area contributed by atoms with E-state index in [0.717, 1.165) is 23.2 Å². The van der Waals surface area contributed by atoms with E-state index >= 15 is 0 Å². The number of hydrogen-bond acceptors (Lipinski definition) is 7. The number of piperazine rings is 1. The highest BCUT2D eigenvalue weighted by molar-refractivity contribution is 9.10. The van der Waals surface area contributed by atoms with Crippen molar-refractivity contribution in [1.82, 2.24) is 14.9 Å². The van der Waals surface area contributed by atoms with Crippen LogP contribution in [0.5, 0.6) is 0 Å². The predicted octanol–water partition coefficient (Wildman–Crippen LogP) is 2.64. The van der Waals surface area contributed by atoms with E-state index in [1.54, 1.807) is 0 Å². The van der Waals surface area contributed by atoms with E-state index in [2.05, 4.69) is 36.1 Å². The fourth-order valence-electron chi connectivity index (χ4n) is 2.55. The second kappa shape index (κ2) is 7.10. The topological polar surface area (TPSA) is 87.4 Å². The molecule has 1 aliphatic rings. The molecule has 0 bridgehead atoms. The third-order valence-electron chi connectivity index (χ3n) is 3.90. The lowest BCUT2D eigenvalue weighted by atomic mass is 10.3. The Morgan fingerprint density at radius 1 is 1.17 bits per heavy atom. The van der Waals surface area contributed by atoms with Crippen molar-refractivity contribution < 1.29 is 4.92 Å². The second-order valence-electron chi connectivity index (χ2n) is 5.57. The van der Waals surface area contributed by atoms with E-state index in [-0.39, 0.29) is 11.5 Å². The number of rotatable bonds is 4. The minimum absolute atomic E-state index is 0.0926. The number of nitro groups is 1. The van der Waals surface area contributed by atoms with Gasteiger partial charge in [0.05, 0.1) is 4.92 Å². The molecule has 9 heteroatoms. The average Bonchev–Trinajstić information content (AvgIpc) is 2.57. The Labute approximate surface area is 147 Å². The molecule has 0 radical (unpaired) electrons. The quantitative estimate of drug-likeness (QED) is 0.631. The Balaban J connectivity index is 1.93. The van der Waals surface area contributed by atoms with Crippen LogP contribution < -0.4 is 10.2 Å². The third kappa shape index (κ3) is 3.62. The first-order valence-corrected chi connectivity index (χ1v) is 8.29. The number of nitrogens with one attached hydrogen (secondary N) is 1. The molecule has 8 nitrogen and oxygen atoms in total. The number of likely N-dealkylation sites (N-methyl/N-ethyl adjacent to an activating group) is 1. The van der Waals surface area contributed by atoms with Crippen molar-refractivity contribution in [3.05, 3.63) is 45.2 Å². The van der Waals surface area contributed by atoms with Crippen LogP contribution in [0, 0.1) is 10.1 Å². The predicted molar refractivity (Wildman–Crippen MR) is 95.8 cm³/mol. The van der Waals surface area contributed by atoms with Gasteiger partial charge in [0.15, 0.2) is 0 Å². The summed E-state index contributed by atoms with van der Waals surface area (Å²) in [7, 11) is 2.03. The first-order chi connectivity index (χ1) is 11.5. The monoisotopic (exact) mass is 392 g/mol. The smallest absolute Gasteiger partial charge is 0.348 e. The number of halogens is 1. The molecule has 1 N–H and O–H groups in total. The van der Waals surface area contributed by atoms with E-state index in [9.17, 15) is 10.1 Å². The summed E-state index contributed by atoms with van der Waals surface area (Å²) < 4.78 is 0.934. The summed E-state index contributed by atoms with van der Waals surface area (Å²) in [5.41, 5.74) is 0.634. The zero-order valence-electron chi connectivity index (χ0n) is 13.1. The SMILES string of the molecule is CN1CCN(c2ncnc(Nc3ccc(Br)cc3)c2[N+](=O)[O-])CC1. The van der Waals surface area contributed by atoms with E-state index < -0.39 is 4.92 Å². The minimum Gasteiger partial charge on any atom is -0.348 e. The van der Waals surface area contributed by atoms with Crippen molar-refractivity contribution >= 4 is 38.9 Å². The van der Waals surface area contributed by atoms with E-state index in [1.807, 2.05) is 36.2 Å². The Hall–Kier alpha value is -2.26. The highest BCUT2D eigenvalue weighted by atomic mass is 79.9. The largest absolute Gasteiger partial charge is 0.353 e. The van der Waals surface area contributed by atoms with Crippen molar-refractivity contribution in [2.45, 2.75) is 0 Å². The molecule has 1 fully saturated rings. The van der Waals surface area contributed by atoms with Gasteiger partial charge in [0.25, 0.3) is 0 Å². The Kier molecular flexibility index (Phi) is 4.91. The molecule has 1 aromatic carbocycles. The van der Waals surface area contributed by atoms with Gasteiger partial charge < -0.3 is 15.1 Å². The fourth-order valence-corrected chi connectivity index (χ4v) is 2.81. The molecule has 24 heavy (non-hydrogen) atoms. The molecule has 1 aromatic heterocycles. The lowest BCUT2D eigenvalue weighted by Crippen LogP contribution is -2.45. The highest BCUT2D eigenvalue weighted by Gasteiger charge is 2.28. The fraction of sp³-hybridized carbons (Fsp3) is 0.333. The normalized spacial score (nSPS) is 15.3. The summed E-state index contributed by atoms with van der Waals surface area (Å²) in [4.78, 5) is 23.6. The van der Waals surface area contributed by atoms with Gasteiger partial charge in [0.2, 0.25) is 11.6 Å². The summed E-state index contributed by atoms with van der Waals surface area (Å²) in [6.45, 7) is 3.09. The van der Waals surface area contributed by atoms with Crippen molar-refractivity contribution in [3.63, 3.8) is 0 Å². The zero-order chi connectivity index (χ0) is 17.1. The molecule has 2 heterocycles. The molecule has 0 amide bonds. The maximum absolute atomic E-state index is 11.6. The van der Waals surface area contributed by atoms with Gasteiger partial charge in [-0.3, -0.25) is 10.1 Å². The average molecular weight is 393 g/mol. The summed E-state index contributed by atoms with van der Waals surface area (Å²) in [5, 5.41) is 14.7. The molecule has 3 rings (SSSR count). The Bertz CT molecular complexity index is 731. The second-order valence-corrected chi connectivity index (χ2v) is 6.49. The van der Waals surface area contributed by atoms with Crippen LogP contribution in [0.3, 0.4) is 0 Å². The molecular formula is C15H17BrN6O2. The van der Waals surface area contributed by atoms with Gasteiger partial charge in [-0.05, 0) is 31.3 Å². The van der Waals surface area contributed by atoms with E-state index in [0.29, 0.717) is 18.9 Å². The summed E-state index contributed by atoms with van der Waals surface area (Å²) in [6, 6.07) is 7.37. The van der Waals surface area contributed by atoms with Gasteiger partial charge in [0.1, 0.15) is 6.33 Å². The molecule has 0 saturated carbocycles. The first-order valence-electron chi connectivity index (χ1n) is 7.50. The maximum Gasteiger partial charge on any atom is 0.353 e. The van der Waals surface area contributed by atoms with Crippen LogP contribution in [-0.4, -0.2) is 53.0 Å². The number of aromatic nitrogens is 2. The highest BCUT2D eigenvalue weighted by Crippen LogP contribution is 2.34. The molecule has 126 valence electrons. The van der Waals surface area contributed by atoms with Gasteiger partial charge in [-0.2, -0.15) is 0 Å². The van der Waals surface area contributed by atoms with Gasteiger partial charge in [-0.15, -0.1) is 0 Å². The minimum atomic E-state index is -0.422. The van der Waals surface area contributed by atoms with Gasteiger partial charge in [-0.25, -0.2) is 9.97 Å². The van der Waals surface area contributed by atoms with Crippen LogP contribution in [0.25, 0.3) is 0 Å². The Morgan fingerprint density at radius 3 is 2.46 bits per heavy atom. The van der Waals surface area contributed by atoms with Crippen molar-refractivity contribution in [2.75, 3.05) is 43.4 Å². The molecule has 0 spiro atoms. The number of anilines is 3. The van der Waals surface area contributed by atoms with Crippen molar-refractivity contribution in [1.29, 1.82) is 0 Å². The third-order valence-corrected chi connectivity index (χ3v) is 4.42. The van der Waals surface area contributed by atoms with Crippen LogP contribution in [-0.2, 0) is 0 Å². The van der Waals surface area contributed by atoms with Crippen LogP contribution in [0.2, 0.25) is 0 Å². The van der Waals surface area contributed by atoms with E-state index in [1.165, 1.54) is 6.33 Å². The summed E-state index contributed by atoms with van der Waals surface area (Å²) in [5.74, 6) is 0.564. The zero-order valence-corrected chi connectivity index (χ0v) is 14.7. The van der Waals surface area contributed by atoms with Crippen LogP contribution >= 0.6 is 15.9 Å². The molecule has 0 unspecified atom stereocenters. The molecular weight excluding hydrogens is 376 g/mol.